The highest BCUT2D eigenvalue weighted by molar-refractivity contribution is 5.98. The lowest BCUT2D eigenvalue weighted by Crippen LogP contribution is -2.48. The van der Waals surface area contributed by atoms with Gasteiger partial charge in [0, 0.05) is 25.3 Å². The molecule has 1 aromatic carbocycles. The number of amides is 2. The van der Waals surface area contributed by atoms with E-state index in [-0.39, 0.29) is 17.7 Å². The third-order valence-electron chi connectivity index (χ3n) is 5.98. The zero-order chi connectivity index (χ0) is 19.7. The van der Waals surface area contributed by atoms with Gasteiger partial charge in [0.2, 0.25) is 5.91 Å². The van der Waals surface area contributed by atoms with Gasteiger partial charge >= 0.3 is 0 Å². The minimum absolute atomic E-state index is 0.0492. The highest BCUT2D eigenvalue weighted by Gasteiger charge is 2.34. The molecule has 2 aromatic rings. The van der Waals surface area contributed by atoms with Crippen LogP contribution in [0.2, 0.25) is 0 Å². The van der Waals surface area contributed by atoms with Crippen LogP contribution in [0.25, 0.3) is 0 Å². The molecule has 2 amide bonds. The molecule has 4 rings (SSSR count). The smallest absolute Gasteiger partial charge is 0.257 e. The summed E-state index contributed by atoms with van der Waals surface area (Å²) in [7, 11) is 0. The van der Waals surface area contributed by atoms with Gasteiger partial charge in [0.15, 0.2) is 0 Å². The maximum absolute atomic E-state index is 13.4. The van der Waals surface area contributed by atoms with Crippen molar-refractivity contribution in [3.05, 3.63) is 53.5 Å². The summed E-state index contributed by atoms with van der Waals surface area (Å²) in [5, 5.41) is 0. The molecule has 0 unspecified atom stereocenters. The van der Waals surface area contributed by atoms with Crippen molar-refractivity contribution in [3.63, 3.8) is 0 Å². The maximum Gasteiger partial charge on any atom is 0.257 e. The minimum atomic E-state index is -0.139. The molecule has 0 bridgehead atoms. The Morgan fingerprint density at radius 2 is 2.00 bits per heavy atom. The van der Waals surface area contributed by atoms with Crippen molar-refractivity contribution in [2.45, 2.75) is 45.4 Å². The Morgan fingerprint density at radius 1 is 1.14 bits per heavy atom. The van der Waals surface area contributed by atoms with E-state index in [0.717, 1.165) is 37.9 Å². The number of carbonyl (C=O) groups is 2. The number of nitrogens with zero attached hydrogens (tertiary/aromatic N) is 2. The van der Waals surface area contributed by atoms with Crippen LogP contribution < -0.4 is 4.90 Å². The van der Waals surface area contributed by atoms with Gasteiger partial charge in [0.25, 0.3) is 5.91 Å². The van der Waals surface area contributed by atoms with E-state index in [9.17, 15) is 9.59 Å². The molecule has 0 saturated carbocycles. The van der Waals surface area contributed by atoms with E-state index < -0.39 is 0 Å². The monoisotopic (exact) mass is 380 g/mol. The Labute approximate surface area is 166 Å². The molecule has 0 aliphatic carbocycles. The second-order valence-corrected chi connectivity index (χ2v) is 8.24. The summed E-state index contributed by atoms with van der Waals surface area (Å²) in [4.78, 5) is 29.8. The molecule has 1 atom stereocenters. The fraction of sp³-hybridized carbons (Fsp3) is 0.478. The molecule has 5 nitrogen and oxygen atoms in total. The molecule has 2 aliphatic rings. The molecule has 3 heterocycles. The lowest BCUT2D eigenvalue weighted by molar-refractivity contribution is -0.123. The standard InChI is InChI=1S/C23H28N2O3/c1-16(2)17-7-8-21-18(13-17)5-4-11-25(21)23(27)19-6-3-10-24(14-19)22(26)20-9-12-28-15-20/h7-9,12-13,15-16,19H,3-6,10-11,14H2,1-2H3/t19-/m0/s1. The molecule has 0 N–H and O–H groups in total. The van der Waals surface area contributed by atoms with Gasteiger partial charge in [0.05, 0.1) is 17.7 Å². The first kappa shape index (κ1) is 18.8. The van der Waals surface area contributed by atoms with Gasteiger partial charge in [-0.15, -0.1) is 0 Å². The number of rotatable bonds is 3. The van der Waals surface area contributed by atoms with Gasteiger partial charge in [-0.3, -0.25) is 9.59 Å². The highest BCUT2D eigenvalue weighted by Crippen LogP contribution is 2.32. The van der Waals surface area contributed by atoms with Gasteiger partial charge in [-0.05, 0) is 54.9 Å². The van der Waals surface area contributed by atoms with E-state index in [0.29, 0.717) is 24.6 Å². The molecular weight excluding hydrogens is 352 g/mol. The van der Waals surface area contributed by atoms with Gasteiger partial charge in [-0.25, -0.2) is 0 Å². The van der Waals surface area contributed by atoms with Crippen molar-refractivity contribution >= 4 is 17.5 Å². The number of hydrogen-bond acceptors (Lipinski definition) is 3. The Bertz CT molecular complexity index is 857. The fourth-order valence-corrected chi connectivity index (χ4v) is 4.36. The summed E-state index contributed by atoms with van der Waals surface area (Å²) in [6.45, 7) is 6.34. The topological polar surface area (TPSA) is 53.8 Å². The molecular formula is C23H28N2O3. The van der Waals surface area contributed by atoms with Gasteiger partial charge in [-0.1, -0.05) is 26.0 Å². The molecule has 2 aliphatic heterocycles. The number of carbonyl (C=O) groups excluding carboxylic acids is 2. The zero-order valence-corrected chi connectivity index (χ0v) is 16.7. The lowest BCUT2D eigenvalue weighted by Gasteiger charge is -2.37. The Balaban J connectivity index is 1.51. The number of likely N-dealkylation sites (tertiary alicyclic amines) is 1. The zero-order valence-electron chi connectivity index (χ0n) is 16.7. The van der Waals surface area contributed by atoms with Gasteiger partial charge < -0.3 is 14.2 Å². The number of hydrogen-bond donors (Lipinski definition) is 0. The van der Waals surface area contributed by atoms with E-state index >= 15 is 0 Å². The number of benzene rings is 1. The van der Waals surface area contributed by atoms with E-state index in [1.54, 1.807) is 11.0 Å². The summed E-state index contributed by atoms with van der Waals surface area (Å²) in [5.74, 6) is 0.451. The Hall–Kier alpha value is -2.56. The Kier molecular flexibility index (Phi) is 5.25. The van der Waals surface area contributed by atoms with Crippen LogP contribution >= 0.6 is 0 Å². The van der Waals surface area contributed by atoms with Crippen LogP contribution in [0, 0.1) is 5.92 Å². The average molecular weight is 380 g/mol. The fourth-order valence-electron chi connectivity index (χ4n) is 4.36. The van der Waals surface area contributed by atoms with Crippen molar-refractivity contribution in [1.82, 2.24) is 4.90 Å². The van der Waals surface area contributed by atoms with Crippen LogP contribution in [0.3, 0.4) is 0 Å². The number of fused-ring (bicyclic) bond motifs is 1. The number of aryl methyl sites for hydroxylation is 1. The quantitative estimate of drug-likeness (QED) is 0.800. The van der Waals surface area contributed by atoms with Gasteiger partial charge in [0.1, 0.15) is 6.26 Å². The summed E-state index contributed by atoms with van der Waals surface area (Å²) in [6, 6.07) is 8.19. The van der Waals surface area contributed by atoms with Crippen molar-refractivity contribution < 1.29 is 14.0 Å². The maximum atomic E-state index is 13.4. The molecule has 1 aromatic heterocycles. The first-order valence-corrected chi connectivity index (χ1v) is 10.3. The Morgan fingerprint density at radius 3 is 2.75 bits per heavy atom. The average Bonchev–Trinajstić information content (AvgIpc) is 3.26. The van der Waals surface area contributed by atoms with Crippen LogP contribution in [-0.2, 0) is 11.2 Å². The van der Waals surface area contributed by atoms with Crippen molar-refractivity contribution in [1.29, 1.82) is 0 Å². The van der Waals surface area contributed by atoms with Crippen LogP contribution in [-0.4, -0.2) is 36.3 Å². The van der Waals surface area contributed by atoms with Crippen molar-refractivity contribution in [3.8, 4) is 0 Å². The number of anilines is 1. The van der Waals surface area contributed by atoms with Crippen LogP contribution in [0.4, 0.5) is 5.69 Å². The summed E-state index contributed by atoms with van der Waals surface area (Å²) in [5.41, 5.74) is 4.20. The summed E-state index contributed by atoms with van der Waals surface area (Å²) < 4.78 is 5.04. The van der Waals surface area contributed by atoms with Crippen LogP contribution in [0.15, 0.2) is 41.2 Å². The van der Waals surface area contributed by atoms with E-state index in [1.165, 1.54) is 23.7 Å². The number of furan rings is 1. The van der Waals surface area contributed by atoms with Gasteiger partial charge in [-0.2, -0.15) is 0 Å². The first-order valence-electron chi connectivity index (χ1n) is 10.3. The van der Waals surface area contributed by atoms with E-state index in [2.05, 4.69) is 32.0 Å². The predicted molar refractivity (Wildman–Crippen MR) is 109 cm³/mol. The number of piperidine rings is 1. The molecule has 1 fully saturated rings. The molecule has 1 saturated heterocycles. The third kappa shape index (κ3) is 3.58. The molecule has 0 radical (unpaired) electrons. The molecule has 0 spiro atoms. The second-order valence-electron chi connectivity index (χ2n) is 8.24. The van der Waals surface area contributed by atoms with E-state index in [4.69, 9.17) is 4.42 Å². The SMILES string of the molecule is CC(C)c1ccc2c(c1)CCCN2C(=O)[C@H]1CCCN(C(=O)c2ccoc2)C1. The largest absolute Gasteiger partial charge is 0.472 e. The normalized spacial score (nSPS) is 19.6. The van der Waals surface area contributed by atoms with Crippen LogP contribution in [0.5, 0.6) is 0 Å². The lowest BCUT2D eigenvalue weighted by atomic mass is 9.92. The second kappa shape index (κ2) is 7.82. The molecule has 28 heavy (non-hydrogen) atoms. The first-order chi connectivity index (χ1) is 13.5. The third-order valence-corrected chi connectivity index (χ3v) is 5.98. The van der Waals surface area contributed by atoms with E-state index in [1.807, 2.05) is 4.90 Å². The predicted octanol–water partition coefficient (Wildman–Crippen LogP) is 4.23. The molecule has 5 heteroatoms. The van der Waals surface area contributed by atoms with Crippen molar-refractivity contribution in [2.24, 2.45) is 5.92 Å². The molecule has 148 valence electrons. The highest BCUT2D eigenvalue weighted by atomic mass is 16.3. The van der Waals surface area contributed by atoms with Crippen LogP contribution in [0.1, 0.15) is 60.5 Å². The minimum Gasteiger partial charge on any atom is -0.472 e. The summed E-state index contributed by atoms with van der Waals surface area (Å²) in [6.07, 6.45) is 6.69. The van der Waals surface area contributed by atoms with Crippen molar-refractivity contribution in [2.75, 3.05) is 24.5 Å². The summed E-state index contributed by atoms with van der Waals surface area (Å²) >= 11 is 0.